The van der Waals surface area contributed by atoms with Gasteiger partial charge in [-0.25, -0.2) is 0 Å². The molecular formula is C11H18N2O. The molecule has 2 N–H and O–H groups in total. The van der Waals surface area contributed by atoms with Gasteiger partial charge in [-0.3, -0.25) is 4.79 Å². The number of carbonyl (C=O) groups is 1. The number of likely N-dealkylation sites (tertiary alicyclic amines) is 1. The monoisotopic (exact) mass is 194 g/mol. The van der Waals surface area contributed by atoms with Crippen LogP contribution in [0.1, 0.15) is 25.7 Å². The number of hydrogen-bond acceptors (Lipinski definition) is 2. The highest BCUT2D eigenvalue weighted by Gasteiger charge is 2.29. The van der Waals surface area contributed by atoms with Gasteiger partial charge in [0.05, 0.1) is 6.04 Å². The molecule has 2 aliphatic rings. The summed E-state index contributed by atoms with van der Waals surface area (Å²) in [4.78, 5) is 13.5. The Kier molecular flexibility index (Phi) is 2.87. The molecule has 1 aliphatic heterocycles. The number of allylic oxidation sites excluding steroid dienone is 2. The molecule has 2 rings (SSSR count). The van der Waals surface area contributed by atoms with Crippen LogP contribution in [0.4, 0.5) is 0 Å². The second-order valence-corrected chi connectivity index (χ2v) is 4.33. The van der Waals surface area contributed by atoms with Crippen molar-refractivity contribution < 1.29 is 4.79 Å². The first-order valence-electron chi connectivity index (χ1n) is 5.47. The predicted octanol–water partition coefficient (Wildman–Crippen LogP) is 0.902. The molecule has 14 heavy (non-hydrogen) atoms. The number of carbonyl (C=O) groups excluding carboxylic acids is 1. The molecular weight excluding hydrogens is 176 g/mol. The molecule has 78 valence electrons. The van der Waals surface area contributed by atoms with Gasteiger partial charge in [0.1, 0.15) is 0 Å². The maximum Gasteiger partial charge on any atom is 0.239 e. The molecule has 1 fully saturated rings. The highest BCUT2D eigenvalue weighted by molar-refractivity contribution is 5.83. The normalized spacial score (nSPS) is 32.6. The van der Waals surface area contributed by atoms with Crippen LogP contribution in [0.15, 0.2) is 12.2 Å². The zero-order valence-corrected chi connectivity index (χ0v) is 8.48. The Hall–Kier alpha value is -0.830. The average Bonchev–Trinajstić information content (AvgIpc) is 2.52. The van der Waals surface area contributed by atoms with Crippen molar-refractivity contribution in [2.45, 2.75) is 31.7 Å². The summed E-state index contributed by atoms with van der Waals surface area (Å²) in [5, 5.41) is 0. The first-order chi connectivity index (χ1) is 6.77. The van der Waals surface area contributed by atoms with Crippen LogP contribution in [-0.4, -0.2) is 29.9 Å². The van der Waals surface area contributed by atoms with E-state index in [0.717, 1.165) is 25.9 Å². The molecule has 0 bridgehead atoms. The van der Waals surface area contributed by atoms with E-state index in [0.29, 0.717) is 5.92 Å². The van der Waals surface area contributed by atoms with Crippen LogP contribution >= 0.6 is 0 Å². The summed E-state index contributed by atoms with van der Waals surface area (Å²) in [7, 11) is 0. The molecule has 0 aromatic rings. The summed E-state index contributed by atoms with van der Waals surface area (Å²) in [6, 6.07) is -0.228. The van der Waals surface area contributed by atoms with Crippen molar-refractivity contribution in [2.75, 3.05) is 13.1 Å². The lowest BCUT2D eigenvalue weighted by molar-refractivity contribution is -0.129. The van der Waals surface area contributed by atoms with E-state index >= 15 is 0 Å². The predicted molar refractivity (Wildman–Crippen MR) is 55.7 cm³/mol. The molecule has 1 aliphatic carbocycles. The van der Waals surface area contributed by atoms with Gasteiger partial charge in [0.2, 0.25) is 5.91 Å². The third-order valence-corrected chi connectivity index (χ3v) is 3.20. The van der Waals surface area contributed by atoms with Gasteiger partial charge in [-0.1, -0.05) is 12.2 Å². The topological polar surface area (TPSA) is 46.3 Å². The van der Waals surface area contributed by atoms with Crippen LogP contribution < -0.4 is 5.73 Å². The minimum Gasteiger partial charge on any atom is -0.341 e. The van der Waals surface area contributed by atoms with Gasteiger partial charge in [0, 0.05) is 13.1 Å². The Bertz CT molecular complexity index is 250. The second kappa shape index (κ2) is 4.13. The Labute approximate surface area is 84.9 Å². The van der Waals surface area contributed by atoms with Crippen LogP contribution in [0, 0.1) is 5.92 Å². The highest BCUT2D eigenvalue weighted by atomic mass is 16.2. The maximum atomic E-state index is 11.6. The van der Waals surface area contributed by atoms with Crippen molar-refractivity contribution in [3.63, 3.8) is 0 Å². The minimum absolute atomic E-state index is 0.152. The quantitative estimate of drug-likeness (QED) is 0.664. The number of nitrogens with zero attached hydrogens (tertiary/aromatic N) is 1. The Morgan fingerprint density at radius 3 is 2.86 bits per heavy atom. The fraction of sp³-hybridized carbons (Fsp3) is 0.727. The molecule has 3 nitrogen and oxygen atoms in total. The van der Waals surface area contributed by atoms with Crippen LogP contribution in [0.5, 0.6) is 0 Å². The largest absolute Gasteiger partial charge is 0.341 e. The molecule has 0 saturated carbocycles. The zero-order chi connectivity index (χ0) is 9.97. The van der Waals surface area contributed by atoms with Crippen molar-refractivity contribution in [2.24, 2.45) is 11.7 Å². The second-order valence-electron chi connectivity index (χ2n) is 4.33. The first kappa shape index (κ1) is 9.71. The van der Waals surface area contributed by atoms with E-state index in [2.05, 4.69) is 12.2 Å². The zero-order valence-electron chi connectivity index (χ0n) is 8.48. The average molecular weight is 194 g/mol. The molecule has 0 aromatic carbocycles. The van der Waals surface area contributed by atoms with Crippen LogP contribution in [-0.2, 0) is 4.79 Å². The number of hydrogen-bond donors (Lipinski definition) is 1. The molecule has 2 unspecified atom stereocenters. The lowest BCUT2D eigenvalue weighted by Crippen LogP contribution is -2.37. The third kappa shape index (κ3) is 1.98. The fourth-order valence-corrected chi connectivity index (χ4v) is 2.28. The summed E-state index contributed by atoms with van der Waals surface area (Å²) >= 11 is 0. The van der Waals surface area contributed by atoms with E-state index in [9.17, 15) is 4.79 Å². The lowest BCUT2D eigenvalue weighted by Gasteiger charge is -2.24. The van der Waals surface area contributed by atoms with Gasteiger partial charge in [-0.2, -0.15) is 0 Å². The highest BCUT2D eigenvalue weighted by Crippen LogP contribution is 2.21. The van der Waals surface area contributed by atoms with Gasteiger partial charge in [0.15, 0.2) is 0 Å². The number of rotatable bonds is 2. The molecule has 3 heteroatoms. The summed E-state index contributed by atoms with van der Waals surface area (Å²) in [6.07, 6.45) is 8.80. The van der Waals surface area contributed by atoms with Crippen molar-refractivity contribution in [3.8, 4) is 0 Å². The van der Waals surface area contributed by atoms with Crippen LogP contribution in [0.2, 0.25) is 0 Å². The molecule has 0 aromatic heterocycles. The maximum absolute atomic E-state index is 11.6. The Morgan fingerprint density at radius 2 is 2.29 bits per heavy atom. The molecule has 1 saturated heterocycles. The smallest absolute Gasteiger partial charge is 0.239 e. The lowest BCUT2D eigenvalue weighted by atomic mass is 9.94. The minimum atomic E-state index is -0.228. The Morgan fingerprint density at radius 1 is 1.43 bits per heavy atom. The Balaban J connectivity index is 1.85. The molecule has 0 radical (unpaired) electrons. The number of amides is 1. The van der Waals surface area contributed by atoms with Crippen molar-refractivity contribution in [1.29, 1.82) is 0 Å². The van der Waals surface area contributed by atoms with E-state index < -0.39 is 0 Å². The van der Waals surface area contributed by atoms with Crippen LogP contribution in [0.25, 0.3) is 0 Å². The molecule has 2 atom stereocenters. The van der Waals surface area contributed by atoms with Crippen molar-refractivity contribution in [1.82, 2.24) is 4.90 Å². The van der Waals surface area contributed by atoms with Gasteiger partial charge >= 0.3 is 0 Å². The number of nitrogens with two attached hydrogens (primary N) is 1. The molecule has 1 heterocycles. The van der Waals surface area contributed by atoms with Gasteiger partial charge in [0.25, 0.3) is 0 Å². The van der Waals surface area contributed by atoms with Crippen LogP contribution in [0.3, 0.4) is 0 Å². The van der Waals surface area contributed by atoms with E-state index in [4.69, 9.17) is 5.73 Å². The summed E-state index contributed by atoms with van der Waals surface area (Å²) < 4.78 is 0. The van der Waals surface area contributed by atoms with E-state index in [-0.39, 0.29) is 11.9 Å². The summed E-state index contributed by atoms with van der Waals surface area (Å²) in [6.45, 7) is 1.77. The first-order valence-corrected chi connectivity index (χ1v) is 5.47. The van der Waals surface area contributed by atoms with Gasteiger partial charge < -0.3 is 10.6 Å². The van der Waals surface area contributed by atoms with E-state index in [1.165, 1.54) is 12.8 Å². The standard InChI is InChI=1S/C11H18N2O/c12-10-6-7-13(11(10)14)8-9-4-2-1-3-5-9/h1-2,9-10H,3-8,12H2. The molecule has 1 amide bonds. The SMILES string of the molecule is NC1CCN(CC2CC=CCC2)C1=O. The third-order valence-electron chi connectivity index (χ3n) is 3.20. The van der Waals surface area contributed by atoms with E-state index in [1.54, 1.807) is 0 Å². The van der Waals surface area contributed by atoms with Gasteiger partial charge in [-0.15, -0.1) is 0 Å². The van der Waals surface area contributed by atoms with Crippen molar-refractivity contribution >= 4 is 5.91 Å². The summed E-state index contributed by atoms with van der Waals surface area (Å²) in [5.74, 6) is 0.814. The van der Waals surface area contributed by atoms with E-state index in [1.807, 2.05) is 4.90 Å². The summed E-state index contributed by atoms with van der Waals surface area (Å²) in [5.41, 5.74) is 5.67. The van der Waals surface area contributed by atoms with Gasteiger partial charge in [-0.05, 0) is 31.6 Å². The van der Waals surface area contributed by atoms with Crippen molar-refractivity contribution in [3.05, 3.63) is 12.2 Å². The molecule has 0 spiro atoms. The fourth-order valence-electron chi connectivity index (χ4n) is 2.28.